The number of benzene rings is 1. The third-order valence-corrected chi connectivity index (χ3v) is 4.52. The summed E-state index contributed by atoms with van der Waals surface area (Å²) in [5.41, 5.74) is -0.0114. The molecule has 0 aromatic heterocycles. The molecule has 0 aliphatic carbocycles. The van der Waals surface area contributed by atoms with Crippen LogP contribution in [0.1, 0.15) is 31.1 Å². The number of carbonyl (C=O) groups is 2. The van der Waals surface area contributed by atoms with Crippen molar-refractivity contribution in [2.24, 2.45) is 5.92 Å². The maximum atomic E-state index is 13.1. The number of esters is 1. The van der Waals surface area contributed by atoms with Gasteiger partial charge in [-0.05, 0) is 34.8 Å². The fourth-order valence-electron chi connectivity index (χ4n) is 2.25. The lowest BCUT2D eigenvalue weighted by atomic mass is 10.0. The summed E-state index contributed by atoms with van der Waals surface area (Å²) in [6.07, 6.45) is 1.29. The van der Waals surface area contributed by atoms with E-state index in [4.69, 9.17) is 14.2 Å². The number of aliphatic hydroxyl groups excluding tert-OH is 1. The lowest BCUT2D eigenvalue weighted by Gasteiger charge is -2.19. The van der Waals surface area contributed by atoms with Crippen LogP contribution in [0.4, 0.5) is 0 Å². The second-order valence-electron chi connectivity index (χ2n) is 5.99. The molecule has 0 spiro atoms. The number of Topliss-reactive ketones (excluding diaryl/α,β-unsaturated/α-hetero) is 1. The van der Waals surface area contributed by atoms with Crippen LogP contribution >= 0.6 is 15.9 Å². The maximum absolute atomic E-state index is 13.1. The van der Waals surface area contributed by atoms with Crippen molar-refractivity contribution in [1.82, 2.24) is 5.32 Å². The predicted molar refractivity (Wildman–Crippen MR) is 105 cm³/mol. The highest BCUT2D eigenvalue weighted by atomic mass is 79.9. The third kappa shape index (κ3) is 5.97. The molecule has 0 aliphatic rings. The van der Waals surface area contributed by atoms with Crippen LogP contribution in [0.2, 0.25) is 0 Å². The van der Waals surface area contributed by atoms with E-state index in [0.29, 0.717) is 10.2 Å². The molecule has 2 N–H and O–H groups in total. The van der Waals surface area contributed by atoms with Crippen LogP contribution in [0, 0.1) is 5.92 Å². The SMILES string of the molecule is CCOC(=O)C(=CN[C@@H](CO)C(C)C)C(=O)c1cc(Br)c(OC)cc1OC. The molecule has 0 amide bonds. The van der Waals surface area contributed by atoms with E-state index in [1.165, 1.54) is 26.5 Å². The molecule has 8 heteroatoms. The molecule has 0 saturated carbocycles. The first-order valence-electron chi connectivity index (χ1n) is 8.51. The number of halogens is 1. The average molecular weight is 444 g/mol. The molecular formula is C19H26BrNO6. The van der Waals surface area contributed by atoms with Crippen LogP contribution < -0.4 is 14.8 Å². The normalized spacial score (nSPS) is 12.5. The highest BCUT2D eigenvalue weighted by Crippen LogP contribution is 2.34. The Bertz CT molecular complexity index is 702. The second kappa shape index (κ2) is 10.9. The maximum Gasteiger partial charge on any atom is 0.343 e. The first kappa shape index (κ1) is 23.0. The number of ketones is 1. The first-order chi connectivity index (χ1) is 12.8. The number of rotatable bonds is 10. The van der Waals surface area contributed by atoms with E-state index in [2.05, 4.69) is 21.2 Å². The van der Waals surface area contributed by atoms with E-state index in [-0.39, 0.29) is 42.1 Å². The van der Waals surface area contributed by atoms with Crippen molar-refractivity contribution in [3.05, 3.63) is 33.9 Å². The molecular weight excluding hydrogens is 418 g/mol. The van der Waals surface area contributed by atoms with E-state index >= 15 is 0 Å². The Kier molecular flexibility index (Phi) is 9.31. The third-order valence-electron chi connectivity index (χ3n) is 3.90. The van der Waals surface area contributed by atoms with E-state index in [0.717, 1.165) is 0 Å². The van der Waals surface area contributed by atoms with Crippen LogP contribution in [0.5, 0.6) is 11.5 Å². The van der Waals surface area contributed by atoms with Crippen molar-refractivity contribution in [1.29, 1.82) is 0 Å². The molecule has 0 fully saturated rings. The fraction of sp³-hybridized carbons (Fsp3) is 0.474. The van der Waals surface area contributed by atoms with Crippen LogP contribution in [-0.2, 0) is 9.53 Å². The Morgan fingerprint density at radius 2 is 1.85 bits per heavy atom. The second-order valence-corrected chi connectivity index (χ2v) is 6.85. The van der Waals surface area contributed by atoms with Gasteiger partial charge in [0.05, 0.1) is 43.5 Å². The Balaban J connectivity index is 3.36. The van der Waals surface area contributed by atoms with Gasteiger partial charge in [-0.3, -0.25) is 4.79 Å². The summed E-state index contributed by atoms with van der Waals surface area (Å²) in [5.74, 6) is -0.485. The zero-order valence-corrected chi connectivity index (χ0v) is 17.8. The van der Waals surface area contributed by atoms with Gasteiger partial charge >= 0.3 is 5.97 Å². The van der Waals surface area contributed by atoms with E-state index in [1.54, 1.807) is 13.0 Å². The monoisotopic (exact) mass is 443 g/mol. The summed E-state index contributed by atoms with van der Waals surface area (Å²) in [6.45, 7) is 5.47. The fourth-order valence-corrected chi connectivity index (χ4v) is 2.76. The van der Waals surface area contributed by atoms with Gasteiger partial charge < -0.3 is 24.6 Å². The summed E-state index contributed by atoms with van der Waals surface area (Å²) in [5, 5.41) is 12.4. The lowest BCUT2D eigenvalue weighted by Crippen LogP contribution is -2.34. The largest absolute Gasteiger partial charge is 0.496 e. The van der Waals surface area contributed by atoms with Crippen molar-refractivity contribution in [3.63, 3.8) is 0 Å². The molecule has 1 atom stereocenters. The number of methoxy groups -OCH3 is 2. The first-order valence-corrected chi connectivity index (χ1v) is 9.30. The zero-order valence-electron chi connectivity index (χ0n) is 16.2. The molecule has 0 unspecified atom stereocenters. The highest BCUT2D eigenvalue weighted by molar-refractivity contribution is 9.10. The Morgan fingerprint density at radius 1 is 1.22 bits per heavy atom. The van der Waals surface area contributed by atoms with Crippen LogP contribution in [0.3, 0.4) is 0 Å². The number of hydrogen-bond acceptors (Lipinski definition) is 7. The summed E-state index contributed by atoms with van der Waals surface area (Å²) in [6, 6.07) is 2.77. The Morgan fingerprint density at radius 3 is 2.33 bits per heavy atom. The van der Waals surface area contributed by atoms with Gasteiger partial charge in [0.2, 0.25) is 5.78 Å². The lowest BCUT2D eigenvalue weighted by molar-refractivity contribution is -0.138. The van der Waals surface area contributed by atoms with Crippen LogP contribution in [0.25, 0.3) is 0 Å². The highest BCUT2D eigenvalue weighted by Gasteiger charge is 2.26. The van der Waals surface area contributed by atoms with Gasteiger partial charge in [-0.25, -0.2) is 4.79 Å². The summed E-state index contributed by atoms with van der Waals surface area (Å²) < 4.78 is 16.0. The topological polar surface area (TPSA) is 94.1 Å². The van der Waals surface area contributed by atoms with Crippen LogP contribution in [-0.4, -0.2) is 50.3 Å². The minimum Gasteiger partial charge on any atom is -0.496 e. The van der Waals surface area contributed by atoms with Crippen LogP contribution in [0.15, 0.2) is 28.4 Å². The summed E-state index contributed by atoms with van der Waals surface area (Å²) in [4.78, 5) is 25.4. The quantitative estimate of drug-likeness (QED) is 0.188. The number of aliphatic hydroxyl groups is 1. The van der Waals surface area contributed by atoms with Gasteiger partial charge in [0, 0.05) is 12.3 Å². The van der Waals surface area contributed by atoms with Crippen molar-refractivity contribution < 1.29 is 28.9 Å². The number of hydrogen-bond donors (Lipinski definition) is 2. The summed E-state index contributed by atoms with van der Waals surface area (Å²) in [7, 11) is 2.92. The minimum atomic E-state index is -0.760. The molecule has 0 aliphatic heterocycles. The molecule has 150 valence electrons. The zero-order chi connectivity index (χ0) is 20.6. The van der Waals surface area contributed by atoms with E-state index in [9.17, 15) is 14.7 Å². The number of ether oxygens (including phenoxy) is 3. The molecule has 0 radical (unpaired) electrons. The van der Waals surface area contributed by atoms with Crippen molar-refractivity contribution in [2.75, 3.05) is 27.4 Å². The smallest absolute Gasteiger partial charge is 0.343 e. The summed E-state index contributed by atoms with van der Waals surface area (Å²) >= 11 is 3.33. The van der Waals surface area contributed by atoms with Crippen molar-refractivity contribution in [3.8, 4) is 11.5 Å². The van der Waals surface area contributed by atoms with Gasteiger partial charge in [0.15, 0.2) is 0 Å². The van der Waals surface area contributed by atoms with Gasteiger partial charge in [0.1, 0.15) is 17.1 Å². The Labute approximate surface area is 167 Å². The Hall–Kier alpha value is -2.06. The van der Waals surface area contributed by atoms with Gasteiger partial charge in [-0.2, -0.15) is 0 Å². The number of carbonyl (C=O) groups excluding carboxylic acids is 2. The van der Waals surface area contributed by atoms with Gasteiger partial charge in [-0.15, -0.1) is 0 Å². The standard InChI is InChI=1S/C19H26BrNO6/c1-6-27-19(24)13(9-21-15(10-22)11(2)3)18(23)12-7-14(20)17(26-5)8-16(12)25-4/h7-9,11,15,21-22H,6,10H2,1-5H3/t15-/m0/s1. The predicted octanol–water partition coefficient (Wildman–Crippen LogP) is 2.70. The minimum absolute atomic E-state index is 0.0921. The molecule has 1 rings (SSSR count). The molecule has 0 bridgehead atoms. The molecule has 7 nitrogen and oxygen atoms in total. The van der Waals surface area contributed by atoms with E-state index in [1.807, 2.05) is 13.8 Å². The molecule has 0 saturated heterocycles. The number of nitrogens with one attached hydrogen (secondary N) is 1. The molecule has 27 heavy (non-hydrogen) atoms. The van der Waals surface area contributed by atoms with Gasteiger partial charge in [-0.1, -0.05) is 13.8 Å². The van der Waals surface area contributed by atoms with Crippen molar-refractivity contribution >= 4 is 27.7 Å². The molecule has 1 aromatic carbocycles. The van der Waals surface area contributed by atoms with E-state index < -0.39 is 11.8 Å². The average Bonchev–Trinajstić information content (AvgIpc) is 2.64. The molecule has 1 aromatic rings. The molecule has 0 heterocycles. The van der Waals surface area contributed by atoms with Crippen molar-refractivity contribution in [2.45, 2.75) is 26.8 Å². The van der Waals surface area contributed by atoms with Gasteiger partial charge in [0.25, 0.3) is 0 Å².